The van der Waals surface area contributed by atoms with Gasteiger partial charge in [0.25, 0.3) is 5.91 Å². The molecule has 1 saturated heterocycles. The molecule has 1 amide bonds. The number of hydrogen-bond donors (Lipinski definition) is 3. The zero-order valence-electron chi connectivity index (χ0n) is 12.1. The highest BCUT2D eigenvalue weighted by molar-refractivity contribution is 6.34. The molecule has 0 aromatic heterocycles. The van der Waals surface area contributed by atoms with Gasteiger partial charge >= 0.3 is 0 Å². The lowest BCUT2D eigenvalue weighted by molar-refractivity contribution is -0.142. The summed E-state index contributed by atoms with van der Waals surface area (Å²) in [5, 5.41) is 20.3. The van der Waals surface area contributed by atoms with Crippen LogP contribution in [-0.2, 0) is 11.2 Å². The highest BCUT2D eigenvalue weighted by Gasteiger charge is 2.31. The van der Waals surface area contributed by atoms with Crippen molar-refractivity contribution in [3.05, 3.63) is 33.8 Å². The normalized spacial score (nSPS) is 23.4. The van der Waals surface area contributed by atoms with Gasteiger partial charge < -0.3 is 20.8 Å². The molecule has 22 heavy (non-hydrogen) atoms. The molecule has 1 aliphatic heterocycles. The minimum Gasteiger partial charge on any atom is -0.396 e. The molecule has 2 rings (SSSR count). The number of benzene rings is 1. The lowest BCUT2D eigenvalue weighted by atomic mass is 9.92. The molecular formula is C15H20Cl2N2O3. The number of nitrogens with two attached hydrogens (primary N) is 1. The number of rotatable bonds is 4. The second kappa shape index (κ2) is 7.62. The van der Waals surface area contributed by atoms with Crippen molar-refractivity contribution in [3.8, 4) is 0 Å². The van der Waals surface area contributed by atoms with Crippen LogP contribution in [0.15, 0.2) is 18.2 Å². The molecule has 1 aromatic carbocycles. The third-order valence-corrected chi connectivity index (χ3v) is 4.43. The van der Waals surface area contributed by atoms with Gasteiger partial charge in [-0.1, -0.05) is 23.2 Å². The van der Waals surface area contributed by atoms with Gasteiger partial charge in [-0.05, 0) is 30.2 Å². The van der Waals surface area contributed by atoms with E-state index in [0.717, 1.165) is 0 Å². The number of carbonyl (C=O) groups is 1. The molecular weight excluding hydrogens is 327 g/mol. The standard InChI is InChI=1S/C15H20Cl2N2O3/c16-11-3-9(4-12(17)6-11)5-14(21)15(22)19-2-1-10(8-20)13(18)7-19/h3-4,6,10,13-14,20-21H,1-2,5,7-8,18H2/t10-,13+,14?/m0/s1. The molecule has 1 heterocycles. The van der Waals surface area contributed by atoms with Crippen LogP contribution in [0.4, 0.5) is 0 Å². The third-order valence-electron chi connectivity index (χ3n) is 3.99. The number of halogens is 2. The zero-order chi connectivity index (χ0) is 16.3. The van der Waals surface area contributed by atoms with E-state index in [9.17, 15) is 15.0 Å². The van der Waals surface area contributed by atoms with E-state index >= 15 is 0 Å². The van der Waals surface area contributed by atoms with Crippen LogP contribution < -0.4 is 5.73 Å². The van der Waals surface area contributed by atoms with E-state index in [2.05, 4.69) is 0 Å². The number of amides is 1. The zero-order valence-corrected chi connectivity index (χ0v) is 13.6. The van der Waals surface area contributed by atoms with Crippen molar-refractivity contribution in [2.24, 2.45) is 11.7 Å². The predicted molar refractivity (Wildman–Crippen MR) is 85.9 cm³/mol. The maximum Gasteiger partial charge on any atom is 0.251 e. The van der Waals surface area contributed by atoms with Crippen molar-refractivity contribution in [1.82, 2.24) is 4.90 Å². The van der Waals surface area contributed by atoms with Gasteiger partial charge in [-0.3, -0.25) is 4.79 Å². The maximum atomic E-state index is 12.3. The Hall–Kier alpha value is -0.850. The van der Waals surface area contributed by atoms with E-state index in [-0.39, 0.29) is 30.9 Å². The molecule has 0 spiro atoms. The van der Waals surface area contributed by atoms with E-state index in [1.807, 2.05) is 0 Å². The third kappa shape index (κ3) is 4.33. The monoisotopic (exact) mass is 346 g/mol. The number of piperidine rings is 1. The van der Waals surface area contributed by atoms with Gasteiger partial charge in [0.1, 0.15) is 6.10 Å². The first-order valence-electron chi connectivity index (χ1n) is 7.19. The van der Waals surface area contributed by atoms with Crippen molar-refractivity contribution < 1.29 is 15.0 Å². The summed E-state index contributed by atoms with van der Waals surface area (Å²) in [4.78, 5) is 13.9. The Morgan fingerprint density at radius 3 is 2.55 bits per heavy atom. The van der Waals surface area contributed by atoms with Crippen molar-refractivity contribution in [3.63, 3.8) is 0 Å². The fourth-order valence-electron chi connectivity index (χ4n) is 2.71. The van der Waals surface area contributed by atoms with Crippen molar-refractivity contribution in [2.75, 3.05) is 19.7 Å². The van der Waals surface area contributed by atoms with Crippen LogP contribution in [0.5, 0.6) is 0 Å². The van der Waals surface area contributed by atoms with Crippen molar-refractivity contribution >= 4 is 29.1 Å². The van der Waals surface area contributed by atoms with Gasteiger partial charge in [-0.15, -0.1) is 0 Å². The Morgan fingerprint density at radius 1 is 1.36 bits per heavy atom. The summed E-state index contributed by atoms with van der Waals surface area (Å²) < 4.78 is 0. The molecule has 1 aromatic rings. The number of nitrogens with zero attached hydrogens (tertiary/aromatic N) is 1. The summed E-state index contributed by atoms with van der Waals surface area (Å²) in [5.41, 5.74) is 6.64. The lowest BCUT2D eigenvalue weighted by Gasteiger charge is -2.36. The fraction of sp³-hybridized carbons (Fsp3) is 0.533. The van der Waals surface area contributed by atoms with Crippen LogP contribution in [0.2, 0.25) is 10.0 Å². The molecule has 4 N–H and O–H groups in total. The fourth-order valence-corrected chi connectivity index (χ4v) is 3.28. The first kappa shape index (κ1) is 17.5. The predicted octanol–water partition coefficient (Wildman–Crippen LogP) is 1.06. The van der Waals surface area contributed by atoms with E-state index < -0.39 is 6.10 Å². The molecule has 1 unspecified atom stereocenters. The van der Waals surface area contributed by atoms with Crippen LogP contribution in [-0.4, -0.2) is 52.9 Å². The molecule has 1 aliphatic rings. The van der Waals surface area contributed by atoms with Crippen LogP contribution in [0.25, 0.3) is 0 Å². The number of aliphatic hydroxyl groups excluding tert-OH is 2. The molecule has 0 radical (unpaired) electrons. The molecule has 0 aliphatic carbocycles. The highest BCUT2D eigenvalue weighted by atomic mass is 35.5. The summed E-state index contributed by atoms with van der Waals surface area (Å²) in [6.07, 6.45) is -0.375. The van der Waals surface area contributed by atoms with Crippen LogP contribution in [0.1, 0.15) is 12.0 Å². The molecule has 0 saturated carbocycles. The average Bonchev–Trinajstić information content (AvgIpc) is 2.45. The molecule has 3 atom stereocenters. The Bertz CT molecular complexity index is 521. The van der Waals surface area contributed by atoms with Gasteiger partial charge in [-0.2, -0.15) is 0 Å². The average molecular weight is 347 g/mol. The molecule has 1 fully saturated rings. The first-order valence-corrected chi connectivity index (χ1v) is 7.94. The number of aliphatic hydroxyl groups is 2. The topological polar surface area (TPSA) is 86.8 Å². The Kier molecular flexibility index (Phi) is 6.06. The molecule has 7 heteroatoms. The van der Waals surface area contributed by atoms with Gasteiger partial charge in [0.15, 0.2) is 0 Å². The maximum absolute atomic E-state index is 12.3. The van der Waals surface area contributed by atoms with Crippen LogP contribution in [0.3, 0.4) is 0 Å². The molecule has 0 bridgehead atoms. The van der Waals surface area contributed by atoms with E-state index in [1.54, 1.807) is 23.1 Å². The van der Waals surface area contributed by atoms with E-state index in [1.165, 1.54) is 0 Å². The smallest absolute Gasteiger partial charge is 0.251 e. The van der Waals surface area contributed by atoms with Crippen LogP contribution >= 0.6 is 23.2 Å². The summed E-state index contributed by atoms with van der Waals surface area (Å²) in [6, 6.07) is 4.68. The quantitative estimate of drug-likeness (QED) is 0.760. The number of hydrogen-bond acceptors (Lipinski definition) is 4. The van der Waals surface area contributed by atoms with Crippen molar-refractivity contribution in [1.29, 1.82) is 0 Å². The Labute approximate surface area is 139 Å². The SMILES string of the molecule is N[C@@H]1CN(C(=O)C(O)Cc2cc(Cl)cc(Cl)c2)CC[C@H]1CO. The number of carbonyl (C=O) groups excluding carboxylic acids is 1. The second-order valence-corrected chi connectivity index (χ2v) is 6.55. The number of likely N-dealkylation sites (tertiary alicyclic amines) is 1. The van der Waals surface area contributed by atoms with E-state index in [0.29, 0.717) is 35.1 Å². The summed E-state index contributed by atoms with van der Waals surface area (Å²) in [7, 11) is 0. The lowest BCUT2D eigenvalue weighted by Crippen LogP contribution is -2.53. The van der Waals surface area contributed by atoms with Crippen LogP contribution in [0, 0.1) is 5.92 Å². The van der Waals surface area contributed by atoms with Gasteiger partial charge in [0.2, 0.25) is 0 Å². The molecule has 122 valence electrons. The highest BCUT2D eigenvalue weighted by Crippen LogP contribution is 2.21. The molecule has 5 nitrogen and oxygen atoms in total. The summed E-state index contributed by atoms with van der Waals surface area (Å²) >= 11 is 11.8. The van der Waals surface area contributed by atoms with Gasteiger partial charge in [0.05, 0.1) is 0 Å². The second-order valence-electron chi connectivity index (χ2n) is 5.68. The Morgan fingerprint density at radius 2 is 2.00 bits per heavy atom. The van der Waals surface area contributed by atoms with E-state index in [4.69, 9.17) is 28.9 Å². The minimum absolute atomic E-state index is 0.00734. The van der Waals surface area contributed by atoms with Crippen molar-refractivity contribution in [2.45, 2.75) is 25.0 Å². The minimum atomic E-state index is -1.16. The largest absolute Gasteiger partial charge is 0.396 e. The van der Waals surface area contributed by atoms with Gasteiger partial charge in [0, 0.05) is 48.1 Å². The summed E-state index contributed by atoms with van der Waals surface area (Å²) in [6.45, 7) is 0.856. The summed E-state index contributed by atoms with van der Waals surface area (Å²) in [5.74, 6) is -0.351. The first-order chi connectivity index (χ1) is 10.4. The Balaban J connectivity index is 1.97. The van der Waals surface area contributed by atoms with Gasteiger partial charge in [-0.25, -0.2) is 0 Å².